The lowest BCUT2D eigenvalue weighted by molar-refractivity contribution is -0.138. The van der Waals surface area contributed by atoms with Gasteiger partial charge >= 0.3 is 0 Å². The molecule has 0 spiro atoms. The van der Waals surface area contributed by atoms with E-state index in [4.69, 9.17) is 21.9 Å². The van der Waals surface area contributed by atoms with E-state index in [1.54, 1.807) is 26.0 Å². The van der Waals surface area contributed by atoms with Gasteiger partial charge in [-0.25, -0.2) is 0 Å². The van der Waals surface area contributed by atoms with E-state index in [0.717, 1.165) is 12.8 Å². The molecule has 0 radical (unpaired) electrons. The highest BCUT2D eigenvalue weighted by Crippen LogP contribution is 2.37. The number of fused-ring (bicyclic) bond motifs is 1. The van der Waals surface area contributed by atoms with Crippen molar-refractivity contribution in [3.8, 4) is 5.75 Å². The second-order valence-corrected chi connectivity index (χ2v) is 25.8. The van der Waals surface area contributed by atoms with Gasteiger partial charge < -0.3 is 99.2 Å². The van der Waals surface area contributed by atoms with Gasteiger partial charge in [-0.15, -0.1) is 0 Å². The Morgan fingerprint density at radius 1 is 0.817 bits per heavy atom. The third-order valence-corrected chi connectivity index (χ3v) is 18.6. The molecule has 1 aromatic heterocycles. The van der Waals surface area contributed by atoms with Gasteiger partial charge in [0.1, 0.15) is 35.9 Å². The fraction of sp³-hybridized carbons (Fsp3) is 0.633. The first-order valence-corrected chi connectivity index (χ1v) is 33.5. The van der Waals surface area contributed by atoms with Crippen molar-refractivity contribution >= 4 is 105 Å². The zero-order chi connectivity index (χ0) is 68.9. The van der Waals surface area contributed by atoms with E-state index in [1.165, 1.54) is 42.8 Å². The Balaban J connectivity index is 1.46. The number of ether oxygens (including phenoxy) is 1. The number of aromatic nitrogens is 1. The minimum absolute atomic E-state index is 0.00334. The third kappa shape index (κ3) is 25.2. The van der Waals surface area contributed by atoms with Crippen molar-refractivity contribution in [1.29, 1.82) is 0 Å². The normalized spacial score (nSPS) is 17.9. The van der Waals surface area contributed by atoms with Crippen LogP contribution in [0.15, 0.2) is 29.3 Å². The molecule has 1 unspecified atom stereocenters. The predicted molar refractivity (Wildman–Crippen MR) is 342 cm³/mol. The van der Waals surface area contributed by atoms with Crippen LogP contribution in [0.2, 0.25) is 0 Å². The standard InChI is InChI=1S/C60H93N13O18S2/c1-5-33(2)53(71-49(82)24-61)58(88)67-26-50(83)68-38(29-75)32-93(90)60-41(21-37(28-74)69-59(89)54(34(3)44(78)30-76)70-48(81)22-39(77)25-66-57(87)43(62)23-46(63)79)40-14-15-45(91-4)42(55(40)72-60)31-92-20-19-64-47(80)9-7-6-8-18-65-56(86)36-12-10-35(11-13-36)27-73-51(84)16-17-52(73)85/h14-17,29,33-39,43-44,53-54,72,74,76-78H,5-13,18-28,30-32,61-62H2,1-4H3,(H2,63,79)(H,64,80)(H,65,86)(H,66,87)(H,67,88)(H,68,83)(H,69,89)(H,70,81)(H,71,82)/t33-,34-,35?,36?,37-,38+,39+,43-,44-,53-,54-,93?/m0/s1. The molecule has 518 valence electrons. The molecule has 2 heterocycles. The van der Waals surface area contributed by atoms with E-state index in [1.807, 2.05) is 0 Å². The summed E-state index contributed by atoms with van der Waals surface area (Å²) in [4.78, 5) is 156. The quantitative estimate of drug-likeness (QED) is 0.0130. The maximum absolute atomic E-state index is 14.7. The highest BCUT2D eigenvalue weighted by atomic mass is 32.2. The van der Waals surface area contributed by atoms with Crippen LogP contribution in [-0.2, 0) is 80.9 Å². The number of amides is 11. The van der Waals surface area contributed by atoms with E-state index >= 15 is 0 Å². The number of aldehydes is 1. The number of aliphatic hydroxyl groups excluding tert-OH is 4. The molecule has 2 aliphatic rings. The fourth-order valence-corrected chi connectivity index (χ4v) is 12.8. The topological polar surface area (TPSA) is 511 Å². The van der Waals surface area contributed by atoms with Crippen molar-refractivity contribution in [2.24, 2.45) is 40.9 Å². The lowest BCUT2D eigenvalue weighted by atomic mass is 9.81. The average Bonchev–Trinajstić information content (AvgIpc) is 1.63. The number of thioether (sulfide) groups is 1. The van der Waals surface area contributed by atoms with Gasteiger partial charge in [0.15, 0.2) is 0 Å². The molecule has 1 aliphatic carbocycles. The first-order chi connectivity index (χ1) is 44.3. The smallest absolute Gasteiger partial charge is 0.253 e. The van der Waals surface area contributed by atoms with Crippen molar-refractivity contribution in [3.63, 3.8) is 0 Å². The van der Waals surface area contributed by atoms with Crippen molar-refractivity contribution in [2.75, 3.05) is 71.1 Å². The lowest BCUT2D eigenvalue weighted by Gasteiger charge is -2.30. The van der Waals surface area contributed by atoms with Gasteiger partial charge in [0.25, 0.3) is 11.8 Å². The second kappa shape index (κ2) is 40.1. The van der Waals surface area contributed by atoms with Gasteiger partial charge in [0.05, 0.1) is 76.1 Å². The van der Waals surface area contributed by atoms with Crippen LogP contribution < -0.4 is 64.5 Å². The molecule has 1 saturated carbocycles. The van der Waals surface area contributed by atoms with Crippen molar-refractivity contribution in [3.05, 3.63) is 35.4 Å². The monoisotopic (exact) mass is 1350 g/mol. The summed E-state index contributed by atoms with van der Waals surface area (Å²) in [5.41, 5.74) is 17.4. The van der Waals surface area contributed by atoms with Gasteiger partial charge in [0.2, 0.25) is 58.2 Å². The zero-order valence-electron chi connectivity index (χ0n) is 53.0. The summed E-state index contributed by atoms with van der Waals surface area (Å²) in [6.07, 6.45) is 3.86. The molecule has 1 aromatic carbocycles. The number of H-pyrrole nitrogens is 1. The Kier molecular flexibility index (Phi) is 33.7. The van der Waals surface area contributed by atoms with E-state index in [9.17, 15) is 82.5 Å². The second-order valence-electron chi connectivity index (χ2n) is 23.2. The Labute approximate surface area is 546 Å². The van der Waals surface area contributed by atoms with E-state index in [2.05, 4.69) is 47.5 Å². The van der Waals surface area contributed by atoms with Crippen LogP contribution in [0, 0.1) is 23.7 Å². The molecule has 0 saturated heterocycles. The van der Waals surface area contributed by atoms with Gasteiger partial charge in [-0.2, -0.15) is 11.8 Å². The van der Waals surface area contributed by atoms with Crippen molar-refractivity contribution in [1.82, 2.24) is 52.4 Å². The molecule has 4 rings (SSSR count). The number of aliphatic hydroxyl groups is 4. The first-order valence-electron chi connectivity index (χ1n) is 31.0. The number of nitrogens with one attached hydrogen (secondary N) is 9. The Hall–Kier alpha value is -7.24. The Bertz CT molecular complexity index is 2910. The van der Waals surface area contributed by atoms with Crippen LogP contribution in [0.1, 0.15) is 103 Å². The van der Waals surface area contributed by atoms with Crippen LogP contribution in [-0.4, -0.2) is 220 Å². The maximum atomic E-state index is 14.7. The average molecular weight is 1350 g/mol. The predicted octanol–water partition coefficient (Wildman–Crippen LogP) is -4.11. The summed E-state index contributed by atoms with van der Waals surface area (Å²) in [5.74, 6) is -7.47. The highest BCUT2D eigenvalue weighted by Gasteiger charge is 2.36. The fourth-order valence-electron chi connectivity index (χ4n) is 10.5. The molecule has 2 aromatic rings. The number of nitrogens with zero attached hydrogens (tertiary/aromatic N) is 1. The van der Waals surface area contributed by atoms with Gasteiger partial charge in [0, 0.05) is 102 Å². The Morgan fingerprint density at radius 3 is 2.13 bits per heavy atom. The van der Waals surface area contributed by atoms with Crippen molar-refractivity contribution < 1.29 is 87.3 Å². The first kappa shape index (κ1) is 78.2. The Morgan fingerprint density at radius 2 is 1.51 bits per heavy atom. The number of nitrogens with two attached hydrogens (primary N) is 3. The van der Waals surface area contributed by atoms with Crippen LogP contribution in [0.25, 0.3) is 10.9 Å². The molecule has 33 heteroatoms. The maximum Gasteiger partial charge on any atom is 0.253 e. The van der Waals surface area contributed by atoms with Gasteiger partial charge in [-0.1, -0.05) is 33.6 Å². The summed E-state index contributed by atoms with van der Waals surface area (Å²) < 4.78 is 20.4. The lowest BCUT2D eigenvalue weighted by Crippen LogP contribution is -2.56. The molecule has 31 nitrogen and oxygen atoms in total. The van der Waals surface area contributed by atoms with Crippen LogP contribution >= 0.6 is 11.8 Å². The van der Waals surface area contributed by atoms with Gasteiger partial charge in [-0.3, -0.25) is 57.6 Å². The molecule has 10 atom stereocenters. The number of aromatic amines is 1. The molecule has 11 amide bonds. The third-order valence-electron chi connectivity index (χ3n) is 16.2. The molecule has 1 aliphatic heterocycles. The molecule has 93 heavy (non-hydrogen) atoms. The number of imide groups is 1. The SMILES string of the molecule is CC[C@H](C)[C@H](NC(=O)CN)C(=O)NCC(=O)N[C@H](C=O)C[S+]([O-])c1[nH]c2c(CSCCNC(=O)CCCCCNC(=O)C3CCC(CN4C(=O)C=CC4=O)CC3)c(OC)ccc2c1C[C@@H](CO)NC(=O)[C@@H](NC(=O)C[C@@H](O)CNC(=O)[C@@H](N)CC(N)=O)[C@@H](C)[C@@H](O)CO. The van der Waals surface area contributed by atoms with E-state index in [0.29, 0.717) is 92.4 Å². The largest absolute Gasteiger partial charge is 0.610 e. The highest BCUT2D eigenvalue weighted by molar-refractivity contribution is 7.98. The van der Waals surface area contributed by atoms with Crippen LogP contribution in [0.3, 0.4) is 0 Å². The van der Waals surface area contributed by atoms with E-state index in [-0.39, 0.29) is 77.1 Å². The summed E-state index contributed by atoms with van der Waals surface area (Å²) in [5, 5.41) is 63.1. The number of hydrogen-bond acceptors (Lipinski definition) is 21. The molecule has 1 fully saturated rings. The summed E-state index contributed by atoms with van der Waals surface area (Å²) >= 11 is -0.778. The number of carbonyl (C=O) groups excluding carboxylic acids is 12. The summed E-state index contributed by atoms with van der Waals surface area (Å²) in [6, 6.07) is -3.34. The minimum Gasteiger partial charge on any atom is -0.610 e. The van der Waals surface area contributed by atoms with Gasteiger partial charge in [-0.05, 0) is 62.5 Å². The van der Waals surface area contributed by atoms with Crippen molar-refractivity contribution in [2.45, 2.75) is 151 Å². The number of rotatable bonds is 43. The van der Waals surface area contributed by atoms with Crippen LogP contribution in [0.5, 0.6) is 5.75 Å². The summed E-state index contributed by atoms with van der Waals surface area (Å²) in [7, 11) is 1.44. The number of primary amides is 1. The number of benzene rings is 1. The molecule has 19 N–H and O–H groups in total. The van der Waals surface area contributed by atoms with Crippen LogP contribution in [0.4, 0.5) is 0 Å². The minimum atomic E-state index is -2.20. The summed E-state index contributed by atoms with van der Waals surface area (Å²) in [6.45, 7) is 2.85. The number of carbonyl (C=O) groups is 12. The molecular weight excluding hydrogens is 1250 g/mol. The number of methoxy groups -OCH3 is 1. The molecule has 0 bridgehead atoms. The van der Waals surface area contributed by atoms with E-state index < -0.39 is 146 Å². The molecular formula is C60H93N13O18S2. The zero-order valence-corrected chi connectivity index (χ0v) is 54.6. The number of unbranched alkanes of at least 4 members (excludes halogenated alkanes) is 2. The number of hydrogen-bond donors (Lipinski definition) is 16.